The quantitative estimate of drug-likeness (QED) is 0.746. The van der Waals surface area contributed by atoms with Crippen molar-refractivity contribution in [3.63, 3.8) is 0 Å². The highest BCUT2D eigenvalue weighted by molar-refractivity contribution is 7.89. The maximum Gasteiger partial charge on any atom is 0.240 e. The standard InChI is InChI=1S/C14H23N3O2S/c15-13-10-12(8-9-14(13)20(16,18)19)17-11-6-4-2-1-3-5-7-11/h8-11,17H,1-7,15H2,(H2,16,18,19). The molecule has 0 heterocycles. The highest BCUT2D eigenvalue weighted by Gasteiger charge is 2.14. The van der Waals surface area contributed by atoms with Crippen molar-refractivity contribution in [2.75, 3.05) is 11.1 Å². The summed E-state index contributed by atoms with van der Waals surface area (Å²) in [6.07, 6.45) is 8.70. The molecule has 1 aliphatic carbocycles. The fraction of sp³-hybridized carbons (Fsp3) is 0.571. The van der Waals surface area contributed by atoms with Gasteiger partial charge in [-0.15, -0.1) is 0 Å². The van der Waals surface area contributed by atoms with Crippen LogP contribution in [0.25, 0.3) is 0 Å². The van der Waals surface area contributed by atoms with Crippen LogP contribution >= 0.6 is 0 Å². The van der Waals surface area contributed by atoms with Gasteiger partial charge in [-0.2, -0.15) is 0 Å². The lowest BCUT2D eigenvalue weighted by molar-refractivity contribution is 0.471. The summed E-state index contributed by atoms with van der Waals surface area (Å²) < 4.78 is 22.6. The van der Waals surface area contributed by atoms with Crippen LogP contribution in [0.15, 0.2) is 23.1 Å². The molecule has 1 aromatic rings. The van der Waals surface area contributed by atoms with Crippen LogP contribution in [-0.4, -0.2) is 14.5 Å². The highest BCUT2D eigenvalue weighted by atomic mass is 32.2. The van der Waals surface area contributed by atoms with E-state index in [1.54, 1.807) is 12.1 Å². The molecule has 0 bridgehead atoms. The molecule has 0 amide bonds. The maximum absolute atomic E-state index is 11.3. The van der Waals surface area contributed by atoms with Crippen LogP contribution in [0, 0.1) is 0 Å². The molecule has 6 heteroatoms. The van der Waals surface area contributed by atoms with Crippen LogP contribution in [0.2, 0.25) is 0 Å². The Morgan fingerprint density at radius 3 is 2.20 bits per heavy atom. The Kier molecular flexibility index (Phi) is 4.88. The van der Waals surface area contributed by atoms with E-state index in [4.69, 9.17) is 10.9 Å². The Bertz CT molecular complexity index is 550. The summed E-state index contributed by atoms with van der Waals surface area (Å²) in [5.74, 6) is 0. The summed E-state index contributed by atoms with van der Waals surface area (Å²) >= 11 is 0. The van der Waals surface area contributed by atoms with E-state index in [-0.39, 0.29) is 10.6 Å². The number of benzene rings is 1. The molecule has 2 rings (SSSR count). The first kappa shape index (κ1) is 15.1. The van der Waals surface area contributed by atoms with E-state index >= 15 is 0 Å². The summed E-state index contributed by atoms with van der Waals surface area (Å²) in [6, 6.07) is 5.29. The smallest absolute Gasteiger partial charge is 0.240 e. The molecular weight excluding hydrogens is 274 g/mol. The Balaban J connectivity index is 2.07. The molecule has 0 atom stereocenters. The lowest BCUT2D eigenvalue weighted by Gasteiger charge is -2.22. The fourth-order valence-corrected chi connectivity index (χ4v) is 3.38. The number of hydrogen-bond acceptors (Lipinski definition) is 4. The average Bonchev–Trinajstić information content (AvgIpc) is 2.31. The van der Waals surface area contributed by atoms with E-state index in [1.165, 1.54) is 38.2 Å². The number of nitrogen functional groups attached to an aromatic ring is 1. The summed E-state index contributed by atoms with van der Waals surface area (Å²) in [7, 11) is -3.75. The first-order valence-electron chi connectivity index (χ1n) is 7.16. The summed E-state index contributed by atoms with van der Waals surface area (Å²) in [5.41, 5.74) is 6.83. The molecule has 0 spiro atoms. The van der Waals surface area contributed by atoms with Crippen LogP contribution in [-0.2, 0) is 10.0 Å². The maximum atomic E-state index is 11.3. The minimum absolute atomic E-state index is 0.0132. The second kappa shape index (κ2) is 6.45. The van der Waals surface area contributed by atoms with Gasteiger partial charge in [0, 0.05) is 11.7 Å². The predicted octanol–water partition coefficient (Wildman–Crippen LogP) is 2.44. The largest absolute Gasteiger partial charge is 0.398 e. The Morgan fingerprint density at radius 1 is 1.05 bits per heavy atom. The van der Waals surface area contributed by atoms with E-state index in [0.717, 1.165) is 18.5 Å². The van der Waals surface area contributed by atoms with Crippen molar-refractivity contribution in [3.8, 4) is 0 Å². The van der Waals surface area contributed by atoms with E-state index < -0.39 is 10.0 Å². The molecule has 0 aromatic heterocycles. The molecule has 20 heavy (non-hydrogen) atoms. The Labute approximate surface area is 120 Å². The van der Waals surface area contributed by atoms with Gasteiger partial charge in [-0.1, -0.05) is 32.1 Å². The second-order valence-corrected chi connectivity index (χ2v) is 7.01. The van der Waals surface area contributed by atoms with Gasteiger partial charge in [0.2, 0.25) is 10.0 Å². The zero-order valence-electron chi connectivity index (χ0n) is 11.6. The molecule has 112 valence electrons. The van der Waals surface area contributed by atoms with Crippen LogP contribution < -0.4 is 16.2 Å². The highest BCUT2D eigenvalue weighted by Crippen LogP contribution is 2.25. The van der Waals surface area contributed by atoms with Gasteiger partial charge < -0.3 is 11.1 Å². The number of anilines is 2. The first-order valence-corrected chi connectivity index (χ1v) is 8.70. The van der Waals surface area contributed by atoms with Crippen molar-refractivity contribution in [3.05, 3.63) is 18.2 Å². The summed E-state index contributed by atoms with van der Waals surface area (Å²) in [6.45, 7) is 0. The summed E-state index contributed by atoms with van der Waals surface area (Å²) in [5, 5.41) is 8.55. The lowest BCUT2D eigenvalue weighted by Crippen LogP contribution is -2.21. The van der Waals surface area contributed by atoms with Gasteiger partial charge in [-0.05, 0) is 31.0 Å². The number of nitrogens with two attached hydrogens (primary N) is 2. The van der Waals surface area contributed by atoms with E-state index in [9.17, 15) is 8.42 Å². The van der Waals surface area contributed by atoms with Gasteiger partial charge in [0.25, 0.3) is 0 Å². The van der Waals surface area contributed by atoms with Crippen LogP contribution in [0.4, 0.5) is 11.4 Å². The van der Waals surface area contributed by atoms with Crippen LogP contribution in [0.3, 0.4) is 0 Å². The number of primary sulfonamides is 1. The molecule has 5 N–H and O–H groups in total. The molecular formula is C14H23N3O2S. The number of hydrogen-bond donors (Lipinski definition) is 3. The van der Waals surface area contributed by atoms with Gasteiger partial charge >= 0.3 is 0 Å². The SMILES string of the molecule is Nc1cc(NC2CCCCCCC2)ccc1S(N)(=O)=O. The van der Waals surface area contributed by atoms with E-state index in [0.29, 0.717) is 6.04 Å². The number of rotatable bonds is 3. The minimum Gasteiger partial charge on any atom is -0.398 e. The predicted molar refractivity (Wildman–Crippen MR) is 82.0 cm³/mol. The van der Waals surface area contributed by atoms with Crippen molar-refractivity contribution < 1.29 is 8.42 Å². The molecule has 1 aromatic carbocycles. The fourth-order valence-electron chi connectivity index (χ4n) is 2.73. The summed E-state index contributed by atoms with van der Waals surface area (Å²) in [4.78, 5) is -0.0132. The van der Waals surface area contributed by atoms with Gasteiger partial charge in [0.1, 0.15) is 4.90 Å². The molecule has 1 fully saturated rings. The van der Waals surface area contributed by atoms with Gasteiger partial charge in [-0.3, -0.25) is 0 Å². The molecule has 0 radical (unpaired) electrons. The Hall–Kier alpha value is -1.27. The van der Waals surface area contributed by atoms with Crippen molar-refractivity contribution in [1.82, 2.24) is 0 Å². The van der Waals surface area contributed by atoms with Crippen LogP contribution in [0.5, 0.6) is 0 Å². The van der Waals surface area contributed by atoms with Gasteiger partial charge in [0.05, 0.1) is 5.69 Å². The topological polar surface area (TPSA) is 98.2 Å². The molecule has 1 saturated carbocycles. The first-order chi connectivity index (χ1) is 9.47. The molecule has 0 unspecified atom stereocenters. The third-order valence-electron chi connectivity index (χ3n) is 3.79. The van der Waals surface area contributed by atoms with Crippen LogP contribution in [0.1, 0.15) is 44.9 Å². The average molecular weight is 297 g/mol. The minimum atomic E-state index is -3.75. The van der Waals surface area contributed by atoms with Crippen molar-refractivity contribution in [2.24, 2.45) is 5.14 Å². The zero-order chi connectivity index (χ0) is 14.6. The zero-order valence-corrected chi connectivity index (χ0v) is 12.5. The third-order valence-corrected chi connectivity index (χ3v) is 4.78. The van der Waals surface area contributed by atoms with Crippen molar-refractivity contribution in [2.45, 2.75) is 55.9 Å². The molecule has 0 aliphatic heterocycles. The molecule has 0 saturated heterocycles. The number of sulfonamides is 1. The third kappa shape index (κ3) is 4.11. The molecule has 1 aliphatic rings. The lowest BCUT2D eigenvalue weighted by atomic mass is 9.96. The van der Waals surface area contributed by atoms with Gasteiger partial charge in [-0.25, -0.2) is 13.6 Å². The second-order valence-electron chi connectivity index (χ2n) is 5.48. The van der Waals surface area contributed by atoms with Crippen molar-refractivity contribution in [1.29, 1.82) is 0 Å². The monoisotopic (exact) mass is 297 g/mol. The van der Waals surface area contributed by atoms with E-state index in [1.807, 2.05) is 0 Å². The Morgan fingerprint density at radius 2 is 1.65 bits per heavy atom. The normalized spacial score (nSPS) is 18.2. The van der Waals surface area contributed by atoms with Crippen molar-refractivity contribution >= 4 is 21.4 Å². The number of nitrogens with one attached hydrogen (secondary N) is 1. The van der Waals surface area contributed by atoms with E-state index in [2.05, 4.69) is 5.32 Å². The van der Waals surface area contributed by atoms with Gasteiger partial charge in [0.15, 0.2) is 0 Å². The molecule has 5 nitrogen and oxygen atoms in total.